The summed E-state index contributed by atoms with van der Waals surface area (Å²) >= 11 is 0. The Hall–Kier alpha value is -4.39. The van der Waals surface area contributed by atoms with Crippen molar-refractivity contribution in [2.75, 3.05) is 7.11 Å². The number of rotatable bonds is 10. The summed E-state index contributed by atoms with van der Waals surface area (Å²) in [6.45, 7) is 8.10. The zero-order chi connectivity index (χ0) is 28.2. The molecule has 0 saturated carbocycles. The average Bonchev–Trinajstić information content (AvgIpc) is 3.47. The van der Waals surface area contributed by atoms with E-state index in [1.807, 2.05) is 59.4 Å². The molecule has 0 radical (unpaired) electrons. The van der Waals surface area contributed by atoms with Crippen molar-refractivity contribution in [2.45, 2.75) is 59.7 Å². The van der Waals surface area contributed by atoms with Crippen LogP contribution >= 0.6 is 0 Å². The Morgan fingerprint density at radius 2 is 1.73 bits per heavy atom. The van der Waals surface area contributed by atoms with Crippen LogP contribution in [0.2, 0.25) is 0 Å². The van der Waals surface area contributed by atoms with Gasteiger partial charge in [0.15, 0.2) is 0 Å². The van der Waals surface area contributed by atoms with Crippen molar-refractivity contribution in [3.05, 3.63) is 100.0 Å². The van der Waals surface area contributed by atoms with Crippen LogP contribution in [-0.4, -0.2) is 31.8 Å². The summed E-state index contributed by atoms with van der Waals surface area (Å²) in [5.74, 6) is 0.406. The number of para-hydroxylation sites is 1. The molecule has 0 amide bonds. The molecule has 0 fully saturated rings. The minimum Gasteiger partial charge on any atom is -0.465 e. The molecular formula is C33H36N4O3. The van der Waals surface area contributed by atoms with E-state index in [0.29, 0.717) is 18.7 Å². The zero-order valence-corrected chi connectivity index (χ0v) is 23.7. The van der Waals surface area contributed by atoms with Crippen LogP contribution in [0, 0.1) is 0 Å². The molecule has 2 heterocycles. The number of allylic oxidation sites excluding steroid dienone is 2. The number of carbonyl (C=O) groups is 1. The summed E-state index contributed by atoms with van der Waals surface area (Å²) in [4.78, 5) is 31.2. The maximum absolute atomic E-state index is 13.9. The fourth-order valence-corrected chi connectivity index (χ4v) is 5.22. The first kappa shape index (κ1) is 27.2. The highest BCUT2D eigenvalue weighted by molar-refractivity contribution is 5.96. The van der Waals surface area contributed by atoms with Gasteiger partial charge in [-0.05, 0) is 62.6 Å². The summed E-state index contributed by atoms with van der Waals surface area (Å²) in [6.07, 6.45) is 4.84. The number of ether oxygens (including phenoxy) is 1. The SMILES string of the molecule is CCCCn1c(-c2cccc3c2n(CCc2ccccc2)c(=O)n3CC=C(C)C)nc2cc(C(=O)OC)ccc21. The first-order valence-corrected chi connectivity index (χ1v) is 13.9. The highest BCUT2D eigenvalue weighted by Crippen LogP contribution is 2.32. The lowest BCUT2D eigenvalue weighted by atomic mass is 10.1. The smallest absolute Gasteiger partial charge is 0.337 e. The molecule has 0 aliphatic heterocycles. The highest BCUT2D eigenvalue weighted by atomic mass is 16.5. The second kappa shape index (κ2) is 11.8. The van der Waals surface area contributed by atoms with Gasteiger partial charge in [0, 0.05) is 25.2 Å². The Bertz CT molecular complexity index is 1750. The molecular weight excluding hydrogens is 500 g/mol. The lowest BCUT2D eigenvalue weighted by Crippen LogP contribution is -2.25. The molecule has 2 aromatic heterocycles. The second-order valence-electron chi connectivity index (χ2n) is 10.4. The van der Waals surface area contributed by atoms with Gasteiger partial charge in [0.05, 0.1) is 34.7 Å². The Balaban J connectivity index is 1.74. The number of methoxy groups -OCH3 is 1. The Kier molecular flexibility index (Phi) is 8.01. The Labute approximate surface area is 234 Å². The number of benzene rings is 3. The van der Waals surface area contributed by atoms with Crippen LogP contribution in [0.25, 0.3) is 33.5 Å². The Morgan fingerprint density at radius 3 is 2.45 bits per heavy atom. The molecule has 5 aromatic rings. The quantitative estimate of drug-likeness (QED) is 0.149. The van der Waals surface area contributed by atoms with Gasteiger partial charge in [-0.2, -0.15) is 0 Å². The molecule has 0 aliphatic rings. The van der Waals surface area contributed by atoms with Crippen LogP contribution in [0.15, 0.2) is 83.2 Å². The van der Waals surface area contributed by atoms with Crippen molar-refractivity contribution < 1.29 is 9.53 Å². The predicted molar refractivity (Wildman–Crippen MR) is 161 cm³/mol. The second-order valence-corrected chi connectivity index (χ2v) is 10.4. The van der Waals surface area contributed by atoms with Crippen molar-refractivity contribution in [3.8, 4) is 11.4 Å². The Morgan fingerprint density at radius 1 is 0.925 bits per heavy atom. The third kappa shape index (κ3) is 5.24. The number of fused-ring (bicyclic) bond motifs is 2. The van der Waals surface area contributed by atoms with E-state index in [1.165, 1.54) is 12.7 Å². The number of carbonyl (C=O) groups excluding carboxylic acids is 1. The molecule has 0 aliphatic carbocycles. The first-order chi connectivity index (χ1) is 19.4. The van der Waals surface area contributed by atoms with Gasteiger partial charge < -0.3 is 9.30 Å². The summed E-state index contributed by atoms with van der Waals surface area (Å²) in [5, 5.41) is 0. The van der Waals surface area contributed by atoms with Crippen LogP contribution in [0.3, 0.4) is 0 Å². The van der Waals surface area contributed by atoms with Crippen LogP contribution < -0.4 is 5.69 Å². The van der Waals surface area contributed by atoms with Crippen molar-refractivity contribution >= 4 is 28.0 Å². The van der Waals surface area contributed by atoms with Crippen LogP contribution in [0.1, 0.15) is 49.5 Å². The largest absolute Gasteiger partial charge is 0.465 e. The number of imidazole rings is 2. The molecule has 0 atom stereocenters. The van der Waals surface area contributed by atoms with Crippen molar-refractivity contribution in [1.29, 1.82) is 0 Å². The number of aromatic nitrogens is 4. The van der Waals surface area contributed by atoms with E-state index in [0.717, 1.165) is 64.8 Å². The molecule has 7 nitrogen and oxygen atoms in total. The van der Waals surface area contributed by atoms with E-state index in [4.69, 9.17) is 9.72 Å². The van der Waals surface area contributed by atoms with Gasteiger partial charge in [0.25, 0.3) is 0 Å². The van der Waals surface area contributed by atoms with Gasteiger partial charge in [-0.25, -0.2) is 14.6 Å². The first-order valence-electron chi connectivity index (χ1n) is 13.9. The van der Waals surface area contributed by atoms with Gasteiger partial charge in [0.2, 0.25) is 0 Å². The minimum absolute atomic E-state index is 0.0277. The molecule has 0 spiro atoms. The van der Waals surface area contributed by atoms with E-state index >= 15 is 0 Å². The standard InChI is InChI=1S/C33H36N4O3/c1-5-6-19-35-28-16-15-25(32(38)40-4)22-27(28)34-31(35)26-13-10-14-29-30(26)37(21-18-24-11-8-7-9-12-24)33(39)36(29)20-17-23(2)3/h7-17,22H,5-6,18-21H2,1-4H3. The molecule has 7 heteroatoms. The monoisotopic (exact) mass is 536 g/mol. The van der Waals surface area contributed by atoms with Crippen LogP contribution in [0.5, 0.6) is 0 Å². The van der Waals surface area contributed by atoms with Gasteiger partial charge in [-0.1, -0.05) is 61.4 Å². The normalized spacial score (nSPS) is 11.3. The van der Waals surface area contributed by atoms with E-state index < -0.39 is 0 Å². The third-order valence-electron chi connectivity index (χ3n) is 7.33. The van der Waals surface area contributed by atoms with E-state index in [-0.39, 0.29) is 11.7 Å². The molecule has 0 unspecified atom stereocenters. The van der Waals surface area contributed by atoms with Crippen LogP contribution in [-0.2, 0) is 30.8 Å². The van der Waals surface area contributed by atoms with E-state index in [1.54, 1.807) is 12.1 Å². The van der Waals surface area contributed by atoms with Crippen molar-refractivity contribution in [2.24, 2.45) is 0 Å². The number of unbranched alkanes of at least 4 members (excludes halogenated alkanes) is 1. The van der Waals surface area contributed by atoms with Crippen molar-refractivity contribution in [3.63, 3.8) is 0 Å². The number of esters is 1. The topological polar surface area (TPSA) is 71.0 Å². The predicted octanol–water partition coefficient (Wildman–Crippen LogP) is 6.62. The van der Waals surface area contributed by atoms with Gasteiger partial charge in [0.1, 0.15) is 5.82 Å². The number of hydrogen-bond donors (Lipinski definition) is 0. The third-order valence-corrected chi connectivity index (χ3v) is 7.33. The fraction of sp³-hybridized carbons (Fsp3) is 0.303. The summed E-state index contributed by atoms with van der Waals surface area (Å²) in [5.41, 5.74) is 7.14. The molecule has 5 rings (SSSR count). The van der Waals surface area contributed by atoms with Gasteiger partial charge in [-0.3, -0.25) is 9.13 Å². The summed E-state index contributed by atoms with van der Waals surface area (Å²) in [7, 11) is 1.38. The molecule has 0 bridgehead atoms. The van der Waals surface area contributed by atoms with E-state index in [9.17, 15) is 9.59 Å². The lowest BCUT2D eigenvalue weighted by molar-refractivity contribution is 0.0601. The minimum atomic E-state index is -0.389. The molecule has 40 heavy (non-hydrogen) atoms. The summed E-state index contributed by atoms with van der Waals surface area (Å²) < 4.78 is 10.9. The van der Waals surface area contributed by atoms with Crippen LogP contribution in [0.4, 0.5) is 0 Å². The number of hydrogen-bond acceptors (Lipinski definition) is 4. The number of nitrogens with zero attached hydrogens (tertiary/aromatic N) is 4. The fourth-order valence-electron chi connectivity index (χ4n) is 5.22. The van der Waals surface area contributed by atoms with Crippen molar-refractivity contribution in [1.82, 2.24) is 18.7 Å². The lowest BCUT2D eigenvalue weighted by Gasteiger charge is -2.12. The molecule has 206 valence electrons. The maximum Gasteiger partial charge on any atom is 0.337 e. The molecule has 0 N–H and O–H groups in total. The summed E-state index contributed by atoms with van der Waals surface area (Å²) in [6, 6.07) is 21.8. The average molecular weight is 537 g/mol. The van der Waals surface area contributed by atoms with E-state index in [2.05, 4.69) is 35.8 Å². The zero-order valence-electron chi connectivity index (χ0n) is 23.7. The molecule has 3 aromatic carbocycles. The molecule has 0 saturated heterocycles. The number of aryl methyl sites for hydroxylation is 3. The highest BCUT2D eigenvalue weighted by Gasteiger charge is 2.21. The maximum atomic E-state index is 13.9. The van der Waals surface area contributed by atoms with Gasteiger partial charge in [-0.15, -0.1) is 0 Å². The van der Waals surface area contributed by atoms with Gasteiger partial charge >= 0.3 is 11.7 Å².